The van der Waals surface area contributed by atoms with Crippen LogP contribution in [0, 0.1) is 0 Å². The van der Waals surface area contributed by atoms with Crippen molar-refractivity contribution in [3.63, 3.8) is 0 Å². The van der Waals surface area contributed by atoms with Gasteiger partial charge in [0.25, 0.3) is 5.91 Å². The number of carbonyl (C=O) groups is 2. The first-order chi connectivity index (χ1) is 13.9. The number of amides is 1. The Balaban J connectivity index is 1.66. The zero-order chi connectivity index (χ0) is 21.0. The molecule has 3 aromatic rings. The molecule has 0 radical (unpaired) electrons. The van der Waals surface area contributed by atoms with E-state index in [1.807, 2.05) is 19.9 Å². The molecular weight excluding hydrogens is 374 g/mol. The Labute approximate surface area is 167 Å². The molecule has 0 saturated heterocycles. The third-order valence-corrected chi connectivity index (χ3v) is 4.33. The average Bonchev–Trinajstić information content (AvgIpc) is 2.71. The van der Waals surface area contributed by atoms with Gasteiger partial charge in [-0.15, -0.1) is 0 Å². The molecule has 2 aromatic carbocycles. The van der Waals surface area contributed by atoms with Crippen molar-refractivity contribution in [1.82, 2.24) is 0 Å². The highest BCUT2D eigenvalue weighted by Gasteiger charge is 2.11. The van der Waals surface area contributed by atoms with Gasteiger partial charge in [0.05, 0.1) is 12.7 Å². The predicted molar refractivity (Wildman–Crippen MR) is 108 cm³/mol. The van der Waals surface area contributed by atoms with Crippen LogP contribution in [0.3, 0.4) is 0 Å². The Morgan fingerprint density at radius 1 is 1.07 bits per heavy atom. The fraction of sp³-hybridized carbons (Fsp3) is 0.227. The quantitative estimate of drug-likeness (QED) is 0.505. The second-order valence-corrected chi connectivity index (χ2v) is 6.74. The van der Waals surface area contributed by atoms with Crippen LogP contribution in [0.15, 0.2) is 57.7 Å². The molecule has 0 fully saturated rings. The Kier molecular flexibility index (Phi) is 5.97. The SMILES string of the molecule is COC(=O)c1ccc(NC(=O)COc2ccc3c(C(C)C)cc(=O)oc3c2)cc1. The van der Waals surface area contributed by atoms with Crippen LogP contribution in [-0.2, 0) is 9.53 Å². The van der Waals surface area contributed by atoms with Gasteiger partial charge in [0.15, 0.2) is 6.61 Å². The zero-order valence-corrected chi connectivity index (χ0v) is 16.4. The molecule has 0 aliphatic rings. The number of esters is 1. The lowest BCUT2D eigenvalue weighted by atomic mass is 10.00. The molecule has 1 amide bonds. The van der Waals surface area contributed by atoms with Crippen LogP contribution in [0.25, 0.3) is 11.0 Å². The van der Waals surface area contributed by atoms with Crippen molar-refractivity contribution >= 4 is 28.5 Å². The first-order valence-corrected chi connectivity index (χ1v) is 9.06. The first kappa shape index (κ1) is 20.1. The average molecular weight is 395 g/mol. The number of ether oxygens (including phenoxy) is 2. The molecule has 0 bridgehead atoms. The number of hydrogen-bond donors (Lipinski definition) is 1. The number of hydrogen-bond acceptors (Lipinski definition) is 6. The normalized spacial score (nSPS) is 10.8. The van der Waals surface area contributed by atoms with Crippen LogP contribution in [0.5, 0.6) is 5.75 Å². The van der Waals surface area contributed by atoms with Gasteiger partial charge in [-0.3, -0.25) is 4.79 Å². The predicted octanol–water partition coefficient (Wildman–Crippen LogP) is 3.72. The van der Waals surface area contributed by atoms with Gasteiger partial charge >= 0.3 is 11.6 Å². The Bertz CT molecular complexity index is 1100. The monoisotopic (exact) mass is 395 g/mol. The van der Waals surface area contributed by atoms with Crippen LogP contribution in [0.4, 0.5) is 5.69 Å². The minimum atomic E-state index is -0.449. The maximum Gasteiger partial charge on any atom is 0.337 e. The molecule has 1 heterocycles. The summed E-state index contributed by atoms with van der Waals surface area (Å²) in [5, 5.41) is 3.51. The van der Waals surface area contributed by atoms with Gasteiger partial charge in [-0.25, -0.2) is 9.59 Å². The van der Waals surface area contributed by atoms with Crippen LogP contribution in [0.1, 0.15) is 35.7 Å². The fourth-order valence-electron chi connectivity index (χ4n) is 2.89. The third kappa shape index (κ3) is 4.82. The van der Waals surface area contributed by atoms with Crippen LogP contribution >= 0.6 is 0 Å². The number of methoxy groups -OCH3 is 1. The molecule has 29 heavy (non-hydrogen) atoms. The van der Waals surface area contributed by atoms with E-state index < -0.39 is 11.6 Å². The lowest BCUT2D eigenvalue weighted by Crippen LogP contribution is -2.20. The highest BCUT2D eigenvalue weighted by molar-refractivity contribution is 5.93. The van der Waals surface area contributed by atoms with Crippen molar-refractivity contribution in [1.29, 1.82) is 0 Å². The molecule has 3 rings (SSSR count). The van der Waals surface area contributed by atoms with Crippen molar-refractivity contribution in [2.24, 2.45) is 0 Å². The molecule has 0 aliphatic carbocycles. The van der Waals surface area contributed by atoms with E-state index in [1.54, 1.807) is 36.4 Å². The summed E-state index contributed by atoms with van der Waals surface area (Å²) in [5.41, 5.74) is 1.80. The van der Waals surface area contributed by atoms with Gasteiger partial charge in [0.1, 0.15) is 11.3 Å². The Morgan fingerprint density at radius 2 is 1.79 bits per heavy atom. The number of nitrogens with one attached hydrogen (secondary N) is 1. The maximum absolute atomic E-state index is 12.1. The summed E-state index contributed by atoms with van der Waals surface area (Å²) in [5.74, 6) is -0.231. The van der Waals surface area contributed by atoms with Crippen molar-refractivity contribution < 1.29 is 23.5 Å². The van der Waals surface area contributed by atoms with Crippen LogP contribution in [0.2, 0.25) is 0 Å². The van der Waals surface area contributed by atoms with Crippen molar-refractivity contribution in [2.45, 2.75) is 19.8 Å². The van der Waals surface area contributed by atoms with Gasteiger partial charge in [-0.05, 0) is 47.9 Å². The highest BCUT2D eigenvalue weighted by atomic mass is 16.5. The van der Waals surface area contributed by atoms with Gasteiger partial charge in [-0.1, -0.05) is 13.8 Å². The van der Waals surface area contributed by atoms with Gasteiger partial charge in [-0.2, -0.15) is 0 Å². The molecule has 0 unspecified atom stereocenters. The van der Waals surface area contributed by atoms with E-state index in [4.69, 9.17) is 9.15 Å². The van der Waals surface area contributed by atoms with E-state index in [0.717, 1.165) is 10.9 Å². The summed E-state index contributed by atoms with van der Waals surface area (Å²) in [7, 11) is 1.30. The van der Waals surface area contributed by atoms with E-state index in [0.29, 0.717) is 22.6 Å². The number of carbonyl (C=O) groups excluding carboxylic acids is 2. The summed E-state index contributed by atoms with van der Waals surface area (Å²) in [6, 6.07) is 12.9. The summed E-state index contributed by atoms with van der Waals surface area (Å²) < 4.78 is 15.4. The smallest absolute Gasteiger partial charge is 0.337 e. The Morgan fingerprint density at radius 3 is 2.45 bits per heavy atom. The number of rotatable bonds is 6. The Hall–Kier alpha value is -3.61. The lowest BCUT2D eigenvalue weighted by molar-refractivity contribution is -0.118. The molecule has 7 heteroatoms. The van der Waals surface area contributed by atoms with Crippen molar-refractivity contribution in [3.8, 4) is 5.75 Å². The number of anilines is 1. The number of benzene rings is 2. The minimum absolute atomic E-state index is 0.171. The molecule has 1 N–H and O–H groups in total. The molecular formula is C22H21NO6. The highest BCUT2D eigenvalue weighted by Crippen LogP contribution is 2.27. The fourth-order valence-corrected chi connectivity index (χ4v) is 2.89. The van der Waals surface area contributed by atoms with Gasteiger partial charge < -0.3 is 19.2 Å². The summed E-state index contributed by atoms with van der Waals surface area (Å²) >= 11 is 0. The maximum atomic E-state index is 12.1. The molecule has 0 aliphatic heterocycles. The van der Waals surface area contributed by atoms with E-state index in [1.165, 1.54) is 13.2 Å². The molecule has 0 atom stereocenters. The molecule has 7 nitrogen and oxygen atoms in total. The van der Waals surface area contributed by atoms with Crippen LogP contribution in [-0.4, -0.2) is 25.6 Å². The third-order valence-electron chi connectivity index (χ3n) is 4.33. The molecule has 1 aromatic heterocycles. The molecule has 0 saturated carbocycles. The first-order valence-electron chi connectivity index (χ1n) is 9.06. The van der Waals surface area contributed by atoms with Crippen molar-refractivity contribution in [3.05, 3.63) is 70.1 Å². The van der Waals surface area contributed by atoms with E-state index in [-0.39, 0.29) is 18.4 Å². The topological polar surface area (TPSA) is 94.8 Å². The van der Waals surface area contributed by atoms with Crippen LogP contribution < -0.4 is 15.7 Å². The van der Waals surface area contributed by atoms with E-state index >= 15 is 0 Å². The summed E-state index contributed by atoms with van der Waals surface area (Å²) in [6.07, 6.45) is 0. The van der Waals surface area contributed by atoms with Gasteiger partial charge in [0, 0.05) is 23.2 Å². The lowest BCUT2D eigenvalue weighted by Gasteiger charge is -2.11. The van der Waals surface area contributed by atoms with E-state index in [2.05, 4.69) is 10.1 Å². The summed E-state index contributed by atoms with van der Waals surface area (Å²) in [4.78, 5) is 35.3. The summed E-state index contributed by atoms with van der Waals surface area (Å²) in [6.45, 7) is 3.78. The second-order valence-electron chi connectivity index (χ2n) is 6.74. The largest absolute Gasteiger partial charge is 0.484 e. The molecule has 150 valence electrons. The van der Waals surface area contributed by atoms with Crippen molar-refractivity contribution in [2.75, 3.05) is 19.0 Å². The number of fused-ring (bicyclic) bond motifs is 1. The van der Waals surface area contributed by atoms with E-state index in [9.17, 15) is 14.4 Å². The minimum Gasteiger partial charge on any atom is -0.484 e. The van der Waals surface area contributed by atoms with Gasteiger partial charge in [0.2, 0.25) is 0 Å². The zero-order valence-electron chi connectivity index (χ0n) is 16.4. The standard InChI is InChI=1S/C22H21NO6/c1-13(2)18-11-21(25)29-19-10-16(8-9-17(18)19)28-12-20(24)23-15-6-4-14(5-7-15)22(26)27-3/h4-11,13H,12H2,1-3H3,(H,23,24). The molecule has 0 spiro atoms. The second kappa shape index (κ2) is 8.60.